The molecule has 0 spiro atoms. The lowest BCUT2D eigenvalue weighted by Crippen LogP contribution is -2.50. The maximum Gasteiger partial charge on any atom is 0.259 e. The standard InChI is InChI=1S/C18H22N4O3/c1-4-20-11-15(16(24)14-6-5-12(2)19-17(14)20)18(25)22-9-7-21(8-10-22)13(3)23/h5-6,11H,4,7-10H2,1-3H3. The van der Waals surface area contributed by atoms with Crippen molar-refractivity contribution in [1.82, 2.24) is 19.4 Å². The molecule has 3 rings (SSSR count). The molecular formula is C18H22N4O3. The van der Waals surface area contributed by atoms with Crippen molar-refractivity contribution in [3.63, 3.8) is 0 Å². The van der Waals surface area contributed by atoms with E-state index in [4.69, 9.17) is 0 Å². The van der Waals surface area contributed by atoms with Gasteiger partial charge in [0.25, 0.3) is 5.91 Å². The molecule has 0 radical (unpaired) electrons. The lowest BCUT2D eigenvalue weighted by atomic mass is 10.1. The normalized spacial score (nSPS) is 14.8. The molecule has 0 aliphatic carbocycles. The van der Waals surface area contributed by atoms with Crippen molar-refractivity contribution in [2.75, 3.05) is 26.2 Å². The van der Waals surface area contributed by atoms with Crippen LogP contribution in [-0.2, 0) is 11.3 Å². The molecule has 1 aliphatic rings. The second kappa shape index (κ2) is 6.66. The predicted octanol–water partition coefficient (Wildman–Crippen LogP) is 1.03. The fourth-order valence-electron chi connectivity index (χ4n) is 3.15. The number of nitrogens with zero attached hydrogens (tertiary/aromatic N) is 4. The van der Waals surface area contributed by atoms with E-state index in [1.165, 1.54) is 6.92 Å². The molecule has 3 heterocycles. The molecule has 132 valence electrons. The van der Waals surface area contributed by atoms with Gasteiger partial charge < -0.3 is 14.4 Å². The van der Waals surface area contributed by atoms with Crippen LogP contribution < -0.4 is 5.43 Å². The van der Waals surface area contributed by atoms with E-state index in [9.17, 15) is 14.4 Å². The number of hydrogen-bond donors (Lipinski definition) is 0. The third-order valence-corrected chi connectivity index (χ3v) is 4.64. The van der Waals surface area contributed by atoms with E-state index in [1.54, 1.807) is 28.1 Å². The zero-order chi connectivity index (χ0) is 18.1. The van der Waals surface area contributed by atoms with Crippen molar-refractivity contribution in [2.45, 2.75) is 27.3 Å². The molecule has 7 heteroatoms. The van der Waals surface area contributed by atoms with Crippen LogP contribution in [0.1, 0.15) is 29.9 Å². The fraction of sp³-hybridized carbons (Fsp3) is 0.444. The van der Waals surface area contributed by atoms with Crippen LogP contribution >= 0.6 is 0 Å². The van der Waals surface area contributed by atoms with Gasteiger partial charge in [-0.3, -0.25) is 14.4 Å². The number of aromatic nitrogens is 2. The molecule has 0 atom stereocenters. The number of carbonyl (C=O) groups is 2. The second-order valence-electron chi connectivity index (χ2n) is 6.28. The number of pyridine rings is 2. The summed E-state index contributed by atoms with van der Waals surface area (Å²) in [7, 11) is 0. The van der Waals surface area contributed by atoms with E-state index in [1.807, 2.05) is 18.4 Å². The van der Waals surface area contributed by atoms with Crippen LogP contribution in [0.5, 0.6) is 0 Å². The Hall–Kier alpha value is -2.70. The Morgan fingerprint density at radius 3 is 2.36 bits per heavy atom. The molecule has 2 aromatic rings. The van der Waals surface area contributed by atoms with E-state index >= 15 is 0 Å². The molecule has 2 amide bonds. The van der Waals surface area contributed by atoms with Gasteiger partial charge in [0.15, 0.2) is 0 Å². The molecule has 7 nitrogen and oxygen atoms in total. The minimum absolute atomic E-state index is 0.00703. The van der Waals surface area contributed by atoms with Crippen LogP contribution in [0.4, 0.5) is 0 Å². The van der Waals surface area contributed by atoms with Crippen LogP contribution in [-0.4, -0.2) is 57.3 Å². The molecule has 2 aromatic heterocycles. The molecule has 1 fully saturated rings. The SMILES string of the molecule is CCn1cc(C(=O)N2CCN(C(C)=O)CC2)c(=O)c2ccc(C)nc21. The summed E-state index contributed by atoms with van der Waals surface area (Å²) in [4.78, 5) is 44.9. The maximum absolute atomic E-state index is 12.9. The summed E-state index contributed by atoms with van der Waals surface area (Å²) < 4.78 is 1.84. The van der Waals surface area contributed by atoms with E-state index in [0.717, 1.165) is 5.69 Å². The number of aryl methyl sites for hydroxylation is 2. The van der Waals surface area contributed by atoms with Crippen molar-refractivity contribution in [3.05, 3.63) is 39.8 Å². The van der Waals surface area contributed by atoms with E-state index in [2.05, 4.69) is 4.98 Å². The van der Waals surface area contributed by atoms with Crippen molar-refractivity contribution < 1.29 is 9.59 Å². The third kappa shape index (κ3) is 3.14. The molecule has 0 bridgehead atoms. The average Bonchev–Trinajstić information content (AvgIpc) is 2.61. The zero-order valence-corrected chi connectivity index (χ0v) is 14.8. The van der Waals surface area contributed by atoms with Gasteiger partial charge in [-0.25, -0.2) is 4.98 Å². The Morgan fingerprint density at radius 1 is 1.12 bits per heavy atom. The second-order valence-corrected chi connectivity index (χ2v) is 6.28. The number of fused-ring (bicyclic) bond motifs is 1. The van der Waals surface area contributed by atoms with Crippen molar-refractivity contribution in [2.24, 2.45) is 0 Å². The lowest BCUT2D eigenvalue weighted by molar-refractivity contribution is -0.130. The zero-order valence-electron chi connectivity index (χ0n) is 14.8. The van der Waals surface area contributed by atoms with Crippen LogP contribution in [0.2, 0.25) is 0 Å². The molecule has 0 unspecified atom stereocenters. The largest absolute Gasteiger partial charge is 0.339 e. The van der Waals surface area contributed by atoms with Gasteiger partial charge in [-0.15, -0.1) is 0 Å². The Morgan fingerprint density at radius 2 is 1.76 bits per heavy atom. The summed E-state index contributed by atoms with van der Waals surface area (Å²) in [5, 5.41) is 0.459. The van der Waals surface area contributed by atoms with Gasteiger partial charge in [0.2, 0.25) is 11.3 Å². The van der Waals surface area contributed by atoms with E-state index in [-0.39, 0.29) is 22.8 Å². The monoisotopic (exact) mass is 342 g/mol. The van der Waals surface area contributed by atoms with Gasteiger partial charge in [-0.2, -0.15) is 0 Å². The van der Waals surface area contributed by atoms with Gasteiger partial charge >= 0.3 is 0 Å². The molecule has 0 saturated carbocycles. The number of hydrogen-bond acceptors (Lipinski definition) is 4. The Balaban J connectivity index is 1.97. The van der Waals surface area contributed by atoms with Crippen molar-refractivity contribution in [1.29, 1.82) is 0 Å². The predicted molar refractivity (Wildman–Crippen MR) is 94.6 cm³/mol. The highest BCUT2D eigenvalue weighted by atomic mass is 16.2. The number of carbonyl (C=O) groups excluding carboxylic acids is 2. The van der Waals surface area contributed by atoms with Gasteiger partial charge in [0.1, 0.15) is 11.2 Å². The molecule has 25 heavy (non-hydrogen) atoms. The Kier molecular flexibility index (Phi) is 4.57. The highest BCUT2D eigenvalue weighted by molar-refractivity contribution is 5.97. The van der Waals surface area contributed by atoms with E-state index in [0.29, 0.717) is 43.8 Å². The minimum Gasteiger partial charge on any atom is -0.339 e. The third-order valence-electron chi connectivity index (χ3n) is 4.64. The Labute approximate surface area is 145 Å². The van der Waals surface area contributed by atoms with Gasteiger partial charge in [-0.05, 0) is 26.0 Å². The molecule has 0 N–H and O–H groups in total. The van der Waals surface area contributed by atoms with Crippen LogP contribution in [0.3, 0.4) is 0 Å². The van der Waals surface area contributed by atoms with Crippen molar-refractivity contribution in [3.8, 4) is 0 Å². The van der Waals surface area contributed by atoms with Gasteiger partial charge in [0, 0.05) is 51.5 Å². The first-order valence-electron chi connectivity index (χ1n) is 8.48. The molecule has 1 aliphatic heterocycles. The fourth-order valence-corrected chi connectivity index (χ4v) is 3.15. The number of amides is 2. The summed E-state index contributed by atoms with van der Waals surface area (Å²) in [5.74, 6) is -0.273. The van der Waals surface area contributed by atoms with Crippen LogP contribution in [0, 0.1) is 6.92 Å². The molecule has 0 aromatic carbocycles. The lowest BCUT2D eigenvalue weighted by Gasteiger charge is -2.34. The van der Waals surface area contributed by atoms with Gasteiger partial charge in [0.05, 0.1) is 5.39 Å². The molecular weight excluding hydrogens is 320 g/mol. The summed E-state index contributed by atoms with van der Waals surface area (Å²) in [5.41, 5.74) is 1.31. The summed E-state index contributed by atoms with van der Waals surface area (Å²) >= 11 is 0. The summed E-state index contributed by atoms with van der Waals surface area (Å²) in [6.45, 7) is 7.84. The first-order valence-corrected chi connectivity index (χ1v) is 8.48. The quantitative estimate of drug-likeness (QED) is 0.817. The molecule has 1 saturated heterocycles. The van der Waals surface area contributed by atoms with Crippen LogP contribution in [0.15, 0.2) is 23.1 Å². The number of piperazine rings is 1. The topological polar surface area (TPSA) is 75.5 Å². The Bertz CT molecular complexity index is 895. The average molecular weight is 342 g/mol. The van der Waals surface area contributed by atoms with E-state index < -0.39 is 0 Å². The summed E-state index contributed by atoms with van der Waals surface area (Å²) in [6, 6.07) is 3.51. The van der Waals surface area contributed by atoms with Crippen molar-refractivity contribution >= 4 is 22.8 Å². The van der Waals surface area contributed by atoms with Crippen LogP contribution in [0.25, 0.3) is 11.0 Å². The number of rotatable bonds is 2. The maximum atomic E-state index is 12.9. The first-order chi connectivity index (χ1) is 11.9. The summed E-state index contributed by atoms with van der Waals surface area (Å²) in [6.07, 6.45) is 1.61. The highest BCUT2D eigenvalue weighted by Crippen LogP contribution is 2.13. The highest BCUT2D eigenvalue weighted by Gasteiger charge is 2.26. The minimum atomic E-state index is -0.286. The first kappa shape index (κ1) is 17.1. The smallest absolute Gasteiger partial charge is 0.259 e. The van der Waals surface area contributed by atoms with Gasteiger partial charge in [-0.1, -0.05) is 0 Å².